The number of nitrogens with one attached hydrogen (secondary N) is 1. The summed E-state index contributed by atoms with van der Waals surface area (Å²) in [5.41, 5.74) is 6.13. The number of nitrogens with zero attached hydrogens (tertiary/aromatic N) is 1. The van der Waals surface area contributed by atoms with Gasteiger partial charge in [-0.05, 0) is 24.3 Å². The Morgan fingerprint density at radius 2 is 2.15 bits per heavy atom. The highest BCUT2D eigenvalue weighted by Crippen LogP contribution is 2.27. The van der Waals surface area contributed by atoms with E-state index in [9.17, 15) is 4.79 Å². The van der Waals surface area contributed by atoms with Crippen LogP contribution in [0.25, 0.3) is 0 Å². The van der Waals surface area contributed by atoms with Crippen molar-refractivity contribution in [2.75, 3.05) is 11.1 Å². The Morgan fingerprint density at radius 3 is 2.85 bits per heavy atom. The topological polar surface area (TPSA) is 78.9 Å². The Kier molecular flexibility index (Phi) is 5.04. The van der Waals surface area contributed by atoms with Gasteiger partial charge in [0.1, 0.15) is 10.9 Å². The monoisotopic (exact) mass is 303 g/mol. The summed E-state index contributed by atoms with van der Waals surface area (Å²) in [6.07, 6.45) is 0. The molecule has 0 saturated heterocycles. The van der Waals surface area contributed by atoms with Crippen LogP contribution in [0.1, 0.15) is 9.75 Å². The van der Waals surface area contributed by atoms with Crippen LogP contribution in [0.5, 0.6) is 0 Å². The average molecular weight is 303 g/mol. The van der Waals surface area contributed by atoms with E-state index in [2.05, 4.69) is 11.4 Å². The zero-order chi connectivity index (χ0) is 14.4. The Labute approximate surface area is 125 Å². The lowest BCUT2D eigenvalue weighted by atomic mass is 10.3. The molecule has 20 heavy (non-hydrogen) atoms. The number of primary amides is 1. The van der Waals surface area contributed by atoms with Gasteiger partial charge < -0.3 is 11.1 Å². The molecular weight excluding hydrogens is 290 g/mol. The van der Waals surface area contributed by atoms with Gasteiger partial charge in [-0.15, -0.1) is 23.1 Å². The minimum atomic E-state index is -0.332. The minimum Gasteiger partial charge on any atom is -0.379 e. The number of benzene rings is 1. The third-order valence-electron chi connectivity index (χ3n) is 2.48. The van der Waals surface area contributed by atoms with Gasteiger partial charge >= 0.3 is 0 Å². The number of thioether (sulfide) groups is 1. The van der Waals surface area contributed by atoms with E-state index in [1.807, 2.05) is 36.4 Å². The molecule has 0 radical (unpaired) electrons. The maximum atomic E-state index is 10.9. The number of hydrogen-bond donors (Lipinski definition) is 2. The fourth-order valence-corrected chi connectivity index (χ4v) is 3.12. The van der Waals surface area contributed by atoms with Crippen LogP contribution in [-0.4, -0.2) is 11.7 Å². The lowest BCUT2D eigenvalue weighted by molar-refractivity contribution is -0.115. The fraction of sp³-hybridized carbons (Fsp3) is 0.143. The number of anilines is 1. The normalized spacial score (nSPS) is 9.95. The Bertz CT molecular complexity index is 646. The Morgan fingerprint density at radius 1 is 1.35 bits per heavy atom. The number of para-hydroxylation sites is 1. The van der Waals surface area contributed by atoms with Crippen molar-refractivity contribution < 1.29 is 4.79 Å². The summed E-state index contributed by atoms with van der Waals surface area (Å²) in [6.45, 7) is 0.653. The number of hydrogen-bond acceptors (Lipinski definition) is 5. The highest BCUT2D eigenvalue weighted by atomic mass is 32.2. The molecule has 1 heterocycles. The molecule has 3 N–H and O–H groups in total. The van der Waals surface area contributed by atoms with Crippen molar-refractivity contribution in [3.05, 3.63) is 46.2 Å². The van der Waals surface area contributed by atoms with Crippen LogP contribution < -0.4 is 11.1 Å². The van der Waals surface area contributed by atoms with Crippen molar-refractivity contribution in [2.45, 2.75) is 11.4 Å². The quantitative estimate of drug-likeness (QED) is 0.804. The molecule has 102 valence electrons. The average Bonchev–Trinajstić information content (AvgIpc) is 2.91. The van der Waals surface area contributed by atoms with E-state index in [1.54, 1.807) is 0 Å². The molecule has 0 saturated carbocycles. The van der Waals surface area contributed by atoms with Gasteiger partial charge in [0.25, 0.3) is 0 Å². The van der Waals surface area contributed by atoms with Crippen molar-refractivity contribution in [1.29, 1.82) is 5.26 Å². The maximum absolute atomic E-state index is 10.9. The van der Waals surface area contributed by atoms with E-state index in [0.717, 1.165) is 15.5 Å². The second-order valence-electron chi connectivity index (χ2n) is 3.98. The van der Waals surface area contributed by atoms with E-state index >= 15 is 0 Å². The molecule has 6 heteroatoms. The largest absolute Gasteiger partial charge is 0.379 e. The number of carbonyl (C=O) groups is 1. The van der Waals surface area contributed by atoms with Crippen LogP contribution in [0.3, 0.4) is 0 Å². The Hall–Kier alpha value is -1.97. The van der Waals surface area contributed by atoms with Gasteiger partial charge in [-0.1, -0.05) is 12.1 Å². The lowest BCUT2D eigenvalue weighted by Gasteiger charge is -2.10. The lowest BCUT2D eigenvalue weighted by Crippen LogP contribution is -2.13. The standard InChI is InChI=1S/C14H13N3OS2/c15-7-10-5-6-11(20-10)8-17-12-3-1-2-4-13(12)19-9-14(16)18/h1-6,17H,8-9H2,(H2,16,18). The summed E-state index contributed by atoms with van der Waals surface area (Å²) in [4.78, 5) is 13.6. The zero-order valence-electron chi connectivity index (χ0n) is 10.6. The van der Waals surface area contributed by atoms with Gasteiger partial charge in [0.05, 0.1) is 5.75 Å². The first-order valence-corrected chi connectivity index (χ1v) is 7.72. The smallest absolute Gasteiger partial charge is 0.227 e. The van der Waals surface area contributed by atoms with E-state index in [4.69, 9.17) is 11.0 Å². The first kappa shape index (κ1) is 14.4. The highest BCUT2D eigenvalue weighted by Gasteiger charge is 2.05. The molecule has 0 bridgehead atoms. The summed E-state index contributed by atoms with van der Waals surface area (Å²) in [6, 6.07) is 13.6. The molecule has 0 aliphatic heterocycles. The van der Waals surface area contributed by atoms with E-state index < -0.39 is 0 Å². The molecular formula is C14H13N3OS2. The van der Waals surface area contributed by atoms with Crippen molar-refractivity contribution >= 4 is 34.7 Å². The molecule has 0 aliphatic rings. The van der Waals surface area contributed by atoms with Crippen LogP contribution in [0.2, 0.25) is 0 Å². The van der Waals surface area contributed by atoms with Gasteiger partial charge in [-0.2, -0.15) is 5.26 Å². The SMILES string of the molecule is N#Cc1ccc(CNc2ccccc2SCC(N)=O)s1. The number of thiophene rings is 1. The fourth-order valence-electron chi connectivity index (χ4n) is 1.60. The molecule has 1 amide bonds. The first-order valence-electron chi connectivity index (χ1n) is 5.92. The summed E-state index contributed by atoms with van der Waals surface area (Å²) >= 11 is 2.89. The number of nitrogens with two attached hydrogens (primary N) is 1. The molecule has 0 spiro atoms. The van der Waals surface area contributed by atoms with Crippen LogP contribution in [-0.2, 0) is 11.3 Å². The summed E-state index contributed by atoms with van der Waals surface area (Å²) in [5, 5.41) is 12.1. The highest BCUT2D eigenvalue weighted by molar-refractivity contribution is 8.00. The van der Waals surface area contributed by atoms with Crippen LogP contribution in [0.15, 0.2) is 41.3 Å². The number of nitriles is 1. The molecule has 1 aromatic heterocycles. The van der Waals surface area contributed by atoms with Gasteiger partial charge in [0.15, 0.2) is 0 Å². The third-order valence-corrected chi connectivity index (χ3v) is 4.57. The van der Waals surface area contributed by atoms with E-state index in [1.165, 1.54) is 23.1 Å². The van der Waals surface area contributed by atoms with Crippen LogP contribution in [0, 0.1) is 11.3 Å². The van der Waals surface area contributed by atoms with Crippen molar-refractivity contribution in [3.8, 4) is 6.07 Å². The van der Waals surface area contributed by atoms with E-state index in [-0.39, 0.29) is 11.7 Å². The molecule has 1 aromatic carbocycles. The molecule has 0 atom stereocenters. The zero-order valence-corrected chi connectivity index (χ0v) is 12.3. The maximum Gasteiger partial charge on any atom is 0.227 e. The van der Waals surface area contributed by atoms with Gasteiger partial charge in [-0.25, -0.2) is 0 Å². The van der Waals surface area contributed by atoms with Gasteiger partial charge in [0.2, 0.25) is 5.91 Å². The number of rotatable bonds is 6. The predicted molar refractivity (Wildman–Crippen MR) is 82.7 cm³/mol. The summed E-state index contributed by atoms with van der Waals surface area (Å²) in [7, 11) is 0. The number of carbonyl (C=O) groups excluding carboxylic acids is 1. The second-order valence-corrected chi connectivity index (χ2v) is 6.17. The Balaban J connectivity index is 2.01. The van der Waals surface area contributed by atoms with Crippen molar-refractivity contribution in [3.63, 3.8) is 0 Å². The minimum absolute atomic E-state index is 0.260. The number of amides is 1. The van der Waals surface area contributed by atoms with Crippen molar-refractivity contribution in [1.82, 2.24) is 0 Å². The predicted octanol–water partition coefficient (Wildman–Crippen LogP) is 2.81. The summed E-state index contributed by atoms with van der Waals surface area (Å²) < 4.78 is 0. The molecule has 2 rings (SSSR count). The van der Waals surface area contributed by atoms with Crippen molar-refractivity contribution in [2.24, 2.45) is 5.73 Å². The van der Waals surface area contributed by atoms with Gasteiger partial charge in [-0.3, -0.25) is 4.79 Å². The van der Waals surface area contributed by atoms with Gasteiger partial charge in [0, 0.05) is 22.0 Å². The second kappa shape index (κ2) is 6.98. The van der Waals surface area contributed by atoms with E-state index in [0.29, 0.717) is 11.4 Å². The molecule has 0 fully saturated rings. The van der Waals surface area contributed by atoms with Crippen LogP contribution in [0.4, 0.5) is 5.69 Å². The summed E-state index contributed by atoms with van der Waals surface area (Å²) in [5.74, 6) is -0.0715. The molecule has 0 unspecified atom stereocenters. The third kappa shape index (κ3) is 4.02. The van der Waals surface area contributed by atoms with Crippen LogP contribution >= 0.6 is 23.1 Å². The first-order chi connectivity index (χ1) is 9.69. The molecule has 0 aliphatic carbocycles. The molecule has 4 nitrogen and oxygen atoms in total. The molecule has 2 aromatic rings.